The van der Waals surface area contributed by atoms with Crippen molar-refractivity contribution in [2.45, 2.75) is 18.9 Å². The monoisotopic (exact) mass is 470 g/mol. The van der Waals surface area contributed by atoms with Crippen molar-refractivity contribution >= 4 is 5.97 Å². The molecule has 176 valence electrons. The van der Waals surface area contributed by atoms with Gasteiger partial charge in [-0.05, 0) is 42.8 Å². The minimum atomic E-state index is -0.911. The third kappa shape index (κ3) is 4.32. The third-order valence-electron chi connectivity index (χ3n) is 5.68. The second kappa shape index (κ2) is 9.31. The normalized spacial score (nSPS) is 18.1. The first-order chi connectivity index (χ1) is 17.1. The lowest BCUT2D eigenvalue weighted by Gasteiger charge is -2.27. The van der Waals surface area contributed by atoms with Crippen LogP contribution in [0.1, 0.15) is 24.0 Å². The lowest BCUT2D eigenvalue weighted by Crippen LogP contribution is -2.39. The summed E-state index contributed by atoms with van der Waals surface area (Å²) in [7, 11) is 0. The number of nitrogens with two attached hydrogens (primary N) is 1. The molecule has 3 aromatic rings. The van der Waals surface area contributed by atoms with Crippen molar-refractivity contribution in [3.8, 4) is 34.8 Å². The summed E-state index contributed by atoms with van der Waals surface area (Å²) in [5, 5.41) is 9.78. The zero-order chi connectivity index (χ0) is 24.4. The van der Waals surface area contributed by atoms with Gasteiger partial charge in [0.25, 0.3) is 0 Å². The van der Waals surface area contributed by atoms with Gasteiger partial charge in [0.15, 0.2) is 11.5 Å². The lowest BCUT2D eigenvalue weighted by atomic mass is 9.83. The van der Waals surface area contributed by atoms with Crippen LogP contribution in [0.5, 0.6) is 28.7 Å². The fourth-order valence-electron chi connectivity index (χ4n) is 4.11. The number of allylic oxidation sites excluding steroid dienone is 1. The highest BCUT2D eigenvalue weighted by Gasteiger charge is 2.33. The van der Waals surface area contributed by atoms with Gasteiger partial charge in [-0.2, -0.15) is 5.26 Å². The molecule has 2 N–H and O–H groups in total. The maximum absolute atomic E-state index is 12.7. The average Bonchev–Trinajstić information content (AvgIpc) is 2.88. The Morgan fingerprint density at radius 3 is 2.69 bits per heavy atom. The molecule has 0 spiro atoms. The highest BCUT2D eigenvalue weighted by molar-refractivity contribution is 5.78. The van der Waals surface area contributed by atoms with Crippen LogP contribution in [0, 0.1) is 11.3 Å². The molecule has 2 atom stereocenters. The van der Waals surface area contributed by atoms with Crippen LogP contribution in [0.2, 0.25) is 0 Å². The van der Waals surface area contributed by atoms with Crippen LogP contribution in [-0.4, -0.2) is 25.3 Å². The molecule has 8 heteroatoms. The Labute approximate surface area is 202 Å². The van der Waals surface area contributed by atoms with E-state index in [2.05, 4.69) is 6.07 Å². The molecule has 3 aromatic carbocycles. The summed E-state index contributed by atoms with van der Waals surface area (Å²) in [5.74, 6) is 1.34. The van der Waals surface area contributed by atoms with E-state index in [0.717, 1.165) is 11.1 Å². The van der Waals surface area contributed by atoms with Crippen LogP contribution in [0.4, 0.5) is 0 Å². The summed E-state index contributed by atoms with van der Waals surface area (Å²) in [6.07, 6.45) is -0.911. The van der Waals surface area contributed by atoms with E-state index in [4.69, 9.17) is 29.4 Å². The number of fused-ring (bicyclic) bond motifs is 2. The maximum Gasteiger partial charge on any atom is 0.356 e. The topological polar surface area (TPSA) is 113 Å². The number of nitrogens with zero attached hydrogens (tertiary/aromatic N) is 1. The number of ether oxygens (including phenoxy) is 5. The largest absolute Gasteiger partial charge is 0.494 e. The zero-order valence-electron chi connectivity index (χ0n) is 18.9. The molecule has 5 rings (SSSR count). The SMILES string of the molecule is CCOc1cccc(C2C(C#N)=C(N)Oc3cc(OC(=O)C4COc5ccccc5O4)ccc32)c1. The molecule has 2 aliphatic heterocycles. The van der Waals surface area contributed by atoms with Gasteiger partial charge >= 0.3 is 5.97 Å². The molecule has 0 saturated heterocycles. The second-order valence-electron chi connectivity index (χ2n) is 7.92. The fraction of sp³-hybridized carbons (Fsp3) is 0.185. The highest BCUT2D eigenvalue weighted by atomic mass is 16.6. The molecule has 35 heavy (non-hydrogen) atoms. The summed E-state index contributed by atoms with van der Waals surface area (Å²) < 4.78 is 28.2. The van der Waals surface area contributed by atoms with Crippen molar-refractivity contribution in [1.29, 1.82) is 5.26 Å². The van der Waals surface area contributed by atoms with Gasteiger partial charge in [0.05, 0.1) is 12.5 Å². The molecule has 0 aliphatic carbocycles. The Morgan fingerprint density at radius 2 is 1.89 bits per heavy atom. The van der Waals surface area contributed by atoms with Crippen molar-refractivity contribution in [3.05, 3.63) is 89.3 Å². The number of carbonyl (C=O) groups excluding carboxylic acids is 1. The Morgan fingerprint density at radius 1 is 1.06 bits per heavy atom. The van der Waals surface area contributed by atoms with Gasteiger partial charge in [-0.1, -0.05) is 30.3 Å². The van der Waals surface area contributed by atoms with Gasteiger partial charge in [0.1, 0.15) is 35.5 Å². The van der Waals surface area contributed by atoms with Crippen LogP contribution < -0.4 is 29.4 Å². The maximum atomic E-state index is 12.7. The van der Waals surface area contributed by atoms with E-state index in [9.17, 15) is 10.1 Å². The van der Waals surface area contributed by atoms with Gasteiger partial charge in [-0.25, -0.2) is 4.79 Å². The first-order valence-corrected chi connectivity index (χ1v) is 11.1. The second-order valence-corrected chi connectivity index (χ2v) is 7.92. The Hall–Kier alpha value is -4.64. The summed E-state index contributed by atoms with van der Waals surface area (Å²) in [5.41, 5.74) is 7.94. The van der Waals surface area contributed by atoms with E-state index in [-0.39, 0.29) is 18.2 Å². The van der Waals surface area contributed by atoms with Crippen LogP contribution in [0.15, 0.2) is 78.2 Å². The van der Waals surface area contributed by atoms with Gasteiger partial charge in [-0.15, -0.1) is 0 Å². The van der Waals surface area contributed by atoms with Crippen LogP contribution in [-0.2, 0) is 4.79 Å². The van der Waals surface area contributed by atoms with Crippen molar-refractivity contribution in [1.82, 2.24) is 0 Å². The van der Waals surface area contributed by atoms with E-state index in [1.54, 1.807) is 36.4 Å². The molecule has 8 nitrogen and oxygen atoms in total. The standard InChI is InChI=1S/C27H22N2O6/c1-2-31-17-7-5-6-16(12-17)25-19-11-10-18(13-23(19)35-26(29)20(25)14-28)33-27(30)24-15-32-21-8-3-4-9-22(21)34-24/h3-13,24-25H,2,15,29H2,1H3. The number of carbonyl (C=O) groups is 1. The summed E-state index contributed by atoms with van der Waals surface area (Å²) in [4.78, 5) is 12.7. The van der Waals surface area contributed by atoms with E-state index >= 15 is 0 Å². The Bertz CT molecular complexity index is 1360. The van der Waals surface area contributed by atoms with Gasteiger partial charge in [0, 0.05) is 11.6 Å². The number of benzene rings is 3. The molecular weight excluding hydrogens is 448 g/mol. The molecule has 0 aromatic heterocycles. The van der Waals surface area contributed by atoms with E-state index in [0.29, 0.717) is 35.2 Å². The van der Waals surface area contributed by atoms with Crippen molar-refractivity contribution < 1.29 is 28.5 Å². The van der Waals surface area contributed by atoms with E-state index in [1.807, 2.05) is 37.3 Å². The van der Waals surface area contributed by atoms with Crippen molar-refractivity contribution in [2.75, 3.05) is 13.2 Å². The summed E-state index contributed by atoms with van der Waals surface area (Å²) >= 11 is 0. The number of rotatable bonds is 5. The molecule has 2 unspecified atom stereocenters. The number of nitriles is 1. The zero-order valence-corrected chi connectivity index (χ0v) is 18.9. The van der Waals surface area contributed by atoms with Crippen molar-refractivity contribution in [3.63, 3.8) is 0 Å². The molecule has 0 amide bonds. The van der Waals surface area contributed by atoms with Crippen LogP contribution in [0.3, 0.4) is 0 Å². The molecular formula is C27H22N2O6. The van der Waals surface area contributed by atoms with E-state index in [1.165, 1.54) is 0 Å². The smallest absolute Gasteiger partial charge is 0.356 e. The molecule has 0 radical (unpaired) electrons. The molecule has 0 fully saturated rings. The molecule has 2 heterocycles. The molecule has 0 saturated carbocycles. The minimum Gasteiger partial charge on any atom is -0.494 e. The summed E-state index contributed by atoms with van der Waals surface area (Å²) in [6.45, 7) is 2.46. The quantitative estimate of drug-likeness (QED) is 0.439. The fourth-order valence-corrected chi connectivity index (χ4v) is 4.11. The van der Waals surface area contributed by atoms with Gasteiger partial charge in [-0.3, -0.25) is 0 Å². The Balaban J connectivity index is 1.41. The first-order valence-electron chi connectivity index (χ1n) is 11.1. The van der Waals surface area contributed by atoms with Crippen LogP contribution in [0.25, 0.3) is 0 Å². The number of hydrogen-bond acceptors (Lipinski definition) is 8. The number of esters is 1. The lowest BCUT2D eigenvalue weighted by molar-refractivity contribution is -0.144. The number of para-hydroxylation sites is 2. The van der Waals surface area contributed by atoms with Gasteiger partial charge < -0.3 is 29.4 Å². The van der Waals surface area contributed by atoms with Crippen LogP contribution >= 0.6 is 0 Å². The molecule has 2 aliphatic rings. The Kier molecular flexibility index (Phi) is 5.90. The predicted octanol–water partition coefficient (Wildman–Crippen LogP) is 4.05. The average molecular weight is 470 g/mol. The third-order valence-corrected chi connectivity index (χ3v) is 5.68. The van der Waals surface area contributed by atoms with E-state index < -0.39 is 18.0 Å². The summed E-state index contributed by atoms with van der Waals surface area (Å²) in [6, 6.07) is 21.8. The minimum absolute atomic E-state index is 0.00379. The predicted molar refractivity (Wildman–Crippen MR) is 125 cm³/mol. The number of hydrogen-bond donors (Lipinski definition) is 1. The molecule has 0 bridgehead atoms. The first kappa shape index (κ1) is 22.2. The van der Waals surface area contributed by atoms with Gasteiger partial charge in [0.2, 0.25) is 12.0 Å². The highest BCUT2D eigenvalue weighted by Crippen LogP contribution is 2.44. The van der Waals surface area contributed by atoms with Crippen molar-refractivity contribution in [2.24, 2.45) is 5.73 Å².